The van der Waals surface area contributed by atoms with Crippen LogP contribution in [0.25, 0.3) is 5.65 Å². The number of pyridine rings is 1. The van der Waals surface area contributed by atoms with Crippen molar-refractivity contribution in [1.29, 1.82) is 0 Å². The molecular formula is C19H21BrN4O2S. The van der Waals surface area contributed by atoms with Gasteiger partial charge in [-0.3, -0.25) is 4.90 Å². The lowest BCUT2D eigenvalue weighted by atomic mass is 10.1. The summed E-state index contributed by atoms with van der Waals surface area (Å²) in [6.45, 7) is 2.47. The highest BCUT2D eigenvalue weighted by molar-refractivity contribution is 9.10. The first-order valence-electron chi connectivity index (χ1n) is 8.92. The molecule has 0 bridgehead atoms. The van der Waals surface area contributed by atoms with Gasteiger partial charge in [-0.2, -0.15) is 0 Å². The lowest BCUT2D eigenvalue weighted by Crippen LogP contribution is -2.44. The summed E-state index contributed by atoms with van der Waals surface area (Å²) in [7, 11) is -3.45. The first-order chi connectivity index (χ1) is 13.0. The highest BCUT2D eigenvalue weighted by atomic mass is 79.9. The predicted octanol–water partition coefficient (Wildman–Crippen LogP) is 3.04. The molecular weight excluding hydrogens is 428 g/mol. The SMILES string of the molecule is O=S(=O)(NC1CCN(Cc2cn3cc(Br)ccc3n2)CC1)c1ccccc1. The largest absolute Gasteiger partial charge is 0.306 e. The first-order valence-corrected chi connectivity index (χ1v) is 11.2. The van der Waals surface area contributed by atoms with Gasteiger partial charge in [0.1, 0.15) is 5.65 Å². The van der Waals surface area contributed by atoms with Crippen molar-refractivity contribution in [3.05, 3.63) is 65.0 Å². The molecule has 0 unspecified atom stereocenters. The summed E-state index contributed by atoms with van der Waals surface area (Å²) in [5.41, 5.74) is 1.95. The molecule has 1 aliphatic heterocycles. The average molecular weight is 449 g/mol. The fraction of sp³-hybridized carbons (Fsp3) is 0.316. The molecule has 1 saturated heterocycles. The van der Waals surface area contributed by atoms with Crippen molar-refractivity contribution in [3.63, 3.8) is 0 Å². The van der Waals surface area contributed by atoms with Crippen LogP contribution in [-0.4, -0.2) is 41.8 Å². The molecule has 1 aromatic carbocycles. The zero-order valence-corrected chi connectivity index (χ0v) is 17.2. The van der Waals surface area contributed by atoms with Crippen LogP contribution in [-0.2, 0) is 16.6 Å². The van der Waals surface area contributed by atoms with Gasteiger partial charge in [-0.25, -0.2) is 18.1 Å². The van der Waals surface area contributed by atoms with Gasteiger partial charge in [0.15, 0.2) is 0 Å². The van der Waals surface area contributed by atoms with Crippen molar-refractivity contribution in [2.24, 2.45) is 0 Å². The van der Waals surface area contributed by atoms with Crippen LogP contribution in [0.4, 0.5) is 0 Å². The van der Waals surface area contributed by atoms with Gasteiger partial charge in [-0.15, -0.1) is 0 Å². The Balaban J connectivity index is 1.34. The number of hydrogen-bond acceptors (Lipinski definition) is 4. The van der Waals surface area contributed by atoms with E-state index >= 15 is 0 Å². The van der Waals surface area contributed by atoms with Gasteiger partial charge in [-0.05, 0) is 53.0 Å². The Hall–Kier alpha value is -1.74. The van der Waals surface area contributed by atoms with Crippen molar-refractivity contribution < 1.29 is 8.42 Å². The van der Waals surface area contributed by atoms with E-state index in [-0.39, 0.29) is 6.04 Å². The zero-order chi connectivity index (χ0) is 18.9. The fourth-order valence-electron chi connectivity index (χ4n) is 3.42. The molecule has 3 heterocycles. The molecule has 0 amide bonds. The van der Waals surface area contributed by atoms with Gasteiger partial charge in [-0.1, -0.05) is 18.2 Å². The summed E-state index contributed by atoms with van der Waals surface area (Å²) >= 11 is 3.47. The van der Waals surface area contributed by atoms with Gasteiger partial charge >= 0.3 is 0 Å². The van der Waals surface area contributed by atoms with Crippen molar-refractivity contribution in [3.8, 4) is 0 Å². The van der Waals surface area contributed by atoms with Crippen LogP contribution in [0.15, 0.2) is 64.2 Å². The number of halogens is 1. The molecule has 3 aromatic rings. The van der Waals surface area contributed by atoms with Crippen LogP contribution in [0, 0.1) is 0 Å². The lowest BCUT2D eigenvalue weighted by Gasteiger charge is -2.31. The molecule has 0 spiro atoms. The maximum Gasteiger partial charge on any atom is 0.240 e. The molecule has 2 aromatic heterocycles. The molecule has 0 radical (unpaired) electrons. The van der Waals surface area contributed by atoms with Crippen LogP contribution < -0.4 is 4.72 Å². The summed E-state index contributed by atoms with van der Waals surface area (Å²) < 4.78 is 30.8. The number of aromatic nitrogens is 2. The van der Waals surface area contributed by atoms with Gasteiger partial charge in [0.25, 0.3) is 0 Å². The third kappa shape index (κ3) is 4.40. The Kier molecular flexibility index (Phi) is 5.32. The predicted molar refractivity (Wildman–Crippen MR) is 108 cm³/mol. The Bertz CT molecular complexity index is 1030. The Morgan fingerprint density at radius 1 is 1.07 bits per heavy atom. The second-order valence-electron chi connectivity index (χ2n) is 6.83. The number of sulfonamides is 1. The maximum atomic E-state index is 12.5. The van der Waals surface area contributed by atoms with Gasteiger partial charge < -0.3 is 4.40 Å². The lowest BCUT2D eigenvalue weighted by molar-refractivity contribution is 0.198. The number of likely N-dealkylation sites (tertiary alicyclic amines) is 1. The topological polar surface area (TPSA) is 66.7 Å². The van der Waals surface area contributed by atoms with E-state index in [1.807, 2.05) is 35.0 Å². The van der Waals surface area contributed by atoms with Gasteiger partial charge in [0, 0.05) is 42.5 Å². The average Bonchev–Trinajstić information content (AvgIpc) is 3.05. The third-order valence-corrected chi connectivity index (χ3v) is 6.82. The van der Waals surface area contributed by atoms with Crippen LogP contribution >= 0.6 is 15.9 Å². The van der Waals surface area contributed by atoms with Gasteiger partial charge in [0.2, 0.25) is 10.0 Å². The summed E-state index contributed by atoms with van der Waals surface area (Å²) in [6, 6.07) is 12.5. The summed E-state index contributed by atoms with van der Waals surface area (Å²) in [5, 5.41) is 0. The minimum absolute atomic E-state index is 0.0246. The summed E-state index contributed by atoms with van der Waals surface area (Å²) in [6.07, 6.45) is 5.64. The molecule has 1 aliphatic rings. The smallest absolute Gasteiger partial charge is 0.240 e. The molecule has 8 heteroatoms. The first kappa shape index (κ1) is 18.6. The second kappa shape index (κ2) is 7.71. The zero-order valence-electron chi connectivity index (χ0n) is 14.8. The molecule has 0 saturated carbocycles. The molecule has 0 atom stereocenters. The number of nitrogens with one attached hydrogen (secondary N) is 1. The minimum Gasteiger partial charge on any atom is -0.306 e. The molecule has 27 heavy (non-hydrogen) atoms. The van der Waals surface area contributed by atoms with E-state index in [0.717, 1.165) is 48.3 Å². The highest BCUT2D eigenvalue weighted by Gasteiger charge is 2.24. The molecule has 4 rings (SSSR count). The molecule has 1 N–H and O–H groups in total. The van der Waals surface area contributed by atoms with Crippen molar-refractivity contribution in [2.75, 3.05) is 13.1 Å². The number of benzene rings is 1. The summed E-state index contributed by atoms with van der Waals surface area (Å²) in [4.78, 5) is 7.30. The van der Waals surface area contributed by atoms with E-state index < -0.39 is 10.0 Å². The summed E-state index contributed by atoms with van der Waals surface area (Å²) in [5.74, 6) is 0. The van der Waals surface area contributed by atoms with E-state index in [9.17, 15) is 8.42 Å². The molecule has 1 fully saturated rings. The Morgan fingerprint density at radius 3 is 2.56 bits per heavy atom. The van der Waals surface area contributed by atoms with E-state index in [0.29, 0.717) is 4.90 Å². The number of piperidine rings is 1. The van der Waals surface area contributed by atoms with Crippen LogP contribution in [0.3, 0.4) is 0 Å². The van der Waals surface area contributed by atoms with E-state index in [2.05, 4.69) is 30.5 Å². The number of imidazole rings is 1. The highest BCUT2D eigenvalue weighted by Crippen LogP contribution is 2.18. The van der Waals surface area contributed by atoms with Crippen molar-refractivity contribution in [1.82, 2.24) is 19.0 Å². The van der Waals surface area contributed by atoms with Gasteiger partial charge in [0.05, 0.1) is 10.6 Å². The molecule has 0 aliphatic carbocycles. The number of rotatable bonds is 5. The van der Waals surface area contributed by atoms with Crippen LogP contribution in [0.5, 0.6) is 0 Å². The van der Waals surface area contributed by atoms with E-state index in [4.69, 9.17) is 0 Å². The normalized spacial score (nSPS) is 16.8. The fourth-order valence-corrected chi connectivity index (χ4v) is 5.10. The maximum absolute atomic E-state index is 12.5. The molecule has 142 valence electrons. The Morgan fingerprint density at radius 2 is 1.81 bits per heavy atom. The number of fused-ring (bicyclic) bond motifs is 1. The second-order valence-corrected chi connectivity index (χ2v) is 9.46. The monoisotopic (exact) mass is 448 g/mol. The van der Waals surface area contributed by atoms with Crippen molar-refractivity contribution in [2.45, 2.75) is 30.3 Å². The van der Waals surface area contributed by atoms with Crippen LogP contribution in [0.2, 0.25) is 0 Å². The molecule has 6 nitrogen and oxygen atoms in total. The Labute approximate surface area is 167 Å². The number of nitrogens with zero attached hydrogens (tertiary/aromatic N) is 3. The van der Waals surface area contributed by atoms with E-state index in [1.165, 1.54) is 0 Å². The van der Waals surface area contributed by atoms with Crippen LogP contribution in [0.1, 0.15) is 18.5 Å². The quantitative estimate of drug-likeness (QED) is 0.651. The third-order valence-electron chi connectivity index (χ3n) is 4.81. The number of hydrogen-bond donors (Lipinski definition) is 1. The van der Waals surface area contributed by atoms with E-state index in [1.54, 1.807) is 24.3 Å². The van der Waals surface area contributed by atoms with Crippen molar-refractivity contribution >= 4 is 31.6 Å². The standard InChI is InChI=1S/C19H21BrN4O2S/c20-15-6-7-19-21-17(14-24(19)12-15)13-23-10-8-16(9-11-23)22-27(25,26)18-4-2-1-3-5-18/h1-7,12,14,16,22H,8-11,13H2. The minimum atomic E-state index is -3.45.